The number of hydrogen-bond donors (Lipinski definition) is 1. The quantitative estimate of drug-likeness (QED) is 0.184. The molecule has 0 radical (unpaired) electrons. The van der Waals surface area contributed by atoms with Gasteiger partial charge in [-0.1, -0.05) is 42.0 Å². The molecule has 2 heterocycles. The second-order valence-electron chi connectivity index (χ2n) is 9.09. The number of ether oxygens (including phenoxy) is 2. The van der Waals surface area contributed by atoms with Gasteiger partial charge in [-0.25, -0.2) is 0 Å². The highest BCUT2D eigenvalue weighted by molar-refractivity contribution is 6.46. The Morgan fingerprint density at radius 1 is 0.947 bits per heavy atom. The van der Waals surface area contributed by atoms with Gasteiger partial charge < -0.3 is 23.9 Å². The first-order chi connectivity index (χ1) is 18.4. The van der Waals surface area contributed by atoms with Gasteiger partial charge in [0.2, 0.25) is 0 Å². The summed E-state index contributed by atoms with van der Waals surface area (Å²) >= 11 is 0. The van der Waals surface area contributed by atoms with E-state index in [1.54, 1.807) is 67.8 Å². The number of ketones is 1. The van der Waals surface area contributed by atoms with Crippen LogP contribution in [0.15, 0.2) is 101 Å². The van der Waals surface area contributed by atoms with E-state index >= 15 is 0 Å². The molecule has 1 amide bonds. The van der Waals surface area contributed by atoms with Crippen molar-refractivity contribution >= 4 is 17.4 Å². The predicted molar refractivity (Wildman–Crippen MR) is 142 cm³/mol. The second kappa shape index (κ2) is 10.7. The summed E-state index contributed by atoms with van der Waals surface area (Å²) in [7, 11) is 1.54. The van der Waals surface area contributed by atoms with Gasteiger partial charge >= 0.3 is 0 Å². The Morgan fingerprint density at radius 2 is 1.74 bits per heavy atom. The molecule has 0 saturated carbocycles. The van der Waals surface area contributed by atoms with Crippen LogP contribution in [-0.4, -0.2) is 28.8 Å². The maximum atomic E-state index is 13.3. The van der Waals surface area contributed by atoms with E-state index in [-0.39, 0.29) is 17.9 Å². The maximum Gasteiger partial charge on any atom is 0.296 e. The number of benzene rings is 3. The number of aliphatic hydroxyl groups is 1. The van der Waals surface area contributed by atoms with Crippen molar-refractivity contribution in [3.63, 3.8) is 0 Å². The summed E-state index contributed by atoms with van der Waals surface area (Å²) < 4.78 is 16.7. The first kappa shape index (κ1) is 24.9. The number of aryl methyl sites for hydroxylation is 1. The van der Waals surface area contributed by atoms with Crippen LogP contribution in [0.3, 0.4) is 0 Å². The summed E-state index contributed by atoms with van der Waals surface area (Å²) in [6, 6.07) is 24.6. The molecule has 0 bridgehead atoms. The highest BCUT2D eigenvalue weighted by atomic mass is 16.5. The number of rotatable bonds is 8. The lowest BCUT2D eigenvalue weighted by atomic mass is 9.95. The molecular formula is C31H27NO6. The number of amides is 1. The van der Waals surface area contributed by atoms with Gasteiger partial charge in [0.05, 0.1) is 31.5 Å². The number of furan rings is 1. The molecular weight excluding hydrogens is 482 g/mol. The molecule has 192 valence electrons. The summed E-state index contributed by atoms with van der Waals surface area (Å²) in [6.45, 7) is 2.50. The molecule has 1 aromatic heterocycles. The third-order valence-corrected chi connectivity index (χ3v) is 6.47. The standard InChI is InChI=1S/C31H27NO6/c1-20-6-3-7-21(16-20)19-38-24-13-11-22(12-14-24)29(33)27-28(23-8-4-9-25(17-23)36-2)32(31(35)30(27)34)18-26-10-5-15-37-26/h3-17,28,33H,18-19H2,1-2H3/b29-27+/t28-/m1/s1. The number of methoxy groups -OCH3 is 1. The number of hydrogen-bond acceptors (Lipinski definition) is 6. The molecule has 1 aliphatic heterocycles. The minimum atomic E-state index is -0.826. The summed E-state index contributed by atoms with van der Waals surface area (Å²) in [5.74, 6) is -0.0272. The van der Waals surface area contributed by atoms with Crippen LogP contribution in [0.4, 0.5) is 0 Å². The molecule has 7 nitrogen and oxygen atoms in total. The predicted octanol–water partition coefficient (Wildman–Crippen LogP) is 5.80. The third kappa shape index (κ3) is 5.04. The van der Waals surface area contributed by atoms with Crippen LogP contribution in [-0.2, 0) is 22.7 Å². The van der Waals surface area contributed by atoms with Crippen molar-refractivity contribution in [3.8, 4) is 11.5 Å². The van der Waals surface area contributed by atoms with Crippen molar-refractivity contribution in [2.45, 2.75) is 26.1 Å². The van der Waals surface area contributed by atoms with E-state index in [1.165, 1.54) is 11.2 Å². The van der Waals surface area contributed by atoms with E-state index in [1.807, 2.05) is 25.1 Å². The fourth-order valence-electron chi connectivity index (χ4n) is 4.60. The van der Waals surface area contributed by atoms with Crippen molar-refractivity contribution in [2.75, 3.05) is 7.11 Å². The minimum absolute atomic E-state index is 0.00300. The average molecular weight is 510 g/mol. The van der Waals surface area contributed by atoms with E-state index < -0.39 is 17.7 Å². The molecule has 1 N–H and O–H groups in total. The first-order valence-electron chi connectivity index (χ1n) is 12.2. The lowest BCUT2D eigenvalue weighted by Gasteiger charge is -2.24. The molecule has 0 aliphatic carbocycles. The number of carbonyl (C=O) groups excluding carboxylic acids is 2. The van der Waals surface area contributed by atoms with Gasteiger partial charge in [-0.05, 0) is 66.6 Å². The average Bonchev–Trinajstić information content (AvgIpc) is 3.54. The number of carbonyl (C=O) groups is 2. The molecule has 1 aliphatic rings. The van der Waals surface area contributed by atoms with Crippen LogP contribution < -0.4 is 9.47 Å². The van der Waals surface area contributed by atoms with Crippen molar-refractivity contribution < 1.29 is 28.6 Å². The SMILES string of the molecule is COc1cccc([C@@H]2/C(=C(\O)c3ccc(OCc4cccc(C)c4)cc3)C(=O)C(=O)N2Cc2ccco2)c1. The van der Waals surface area contributed by atoms with Crippen LogP contribution in [0.25, 0.3) is 5.76 Å². The minimum Gasteiger partial charge on any atom is -0.507 e. The smallest absolute Gasteiger partial charge is 0.296 e. The van der Waals surface area contributed by atoms with Crippen molar-refractivity contribution in [1.29, 1.82) is 0 Å². The van der Waals surface area contributed by atoms with Crippen LogP contribution in [0.5, 0.6) is 11.5 Å². The number of nitrogens with zero attached hydrogens (tertiary/aromatic N) is 1. The summed E-state index contributed by atoms with van der Waals surface area (Å²) in [5, 5.41) is 11.3. The summed E-state index contributed by atoms with van der Waals surface area (Å²) in [6.07, 6.45) is 1.51. The topological polar surface area (TPSA) is 89.2 Å². The molecule has 7 heteroatoms. The monoisotopic (exact) mass is 509 g/mol. The van der Waals surface area contributed by atoms with E-state index in [4.69, 9.17) is 13.9 Å². The normalized spacial score (nSPS) is 16.6. The summed E-state index contributed by atoms with van der Waals surface area (Å²) in [4.78, 5) is 27.8. The second-order valence-corrected chi connectivity index (χ2v) is 9.09. The van der Waals surface area contributed by atoms with Gasteiger partial charge in [0.25, 0.3) is 11.7 Å². The van der Waals surface area contributed by atoms with Gasteiger partial charge in [0.1, 0.15) is 29.6 Å². The molecule has 5 rings (SSSR count). The Balaban J connectivity index is 1.48. The Hall–Kier alpha value is -4.78. The Labute approximate surface area is 220 Å². The van der Waals surface area contributed by atoms with Crippen molar-refractivity contribution in [3.05, 3.63) is 125 Å². The van der Waals surface area contributed by atoms with Crippen LogP contribution >= 0.6 is 0 Å². The number of aliphatic hydroxyl groups excluding tert-OH is 1. The van der Waals surface area contributed by atoms with Crippen molar-refractivity contribution in [2.24, 2.45) is 0 Å². The van der Waals surface area contributed by atoms with E-state index in [0.717, 1.165) is 11.1 Å². The van der Waals surface area contributed by atoms with Crippen LogP contribution in [0, 0.1) is 6.92 Å². The zero-order chi connectivity index (χ0) is 26.6. The van der Waals surface area contributed by atoms with E-state index in [0.29, 0.717) is 35.0 Å². The zero-order valence-corrected chi connectivity index (χ0v) is 21.1. The molecule has 0 unspecified atom stereocenters. The fraction of sp³-hybridized carbons (Fsp3) is 0.161. The Morgan fingerprint density at radius 3 is 2.45 bits per heavy atom. The molecule has 4 aromatic rings. The van der Waals surface area contributed by atoms with Gasteiger partial charge in [-0.3, -0.25) is 9.59 Å². The Bertz CT molecular complexity index is 1490. The highest BCUT2D eigenvalue weighted by Crippen LogP contribution is 2.41. The lowest BCUT2D eigenvalue weighted by molar-refractivity contribution is -0.140. The molecule has 1 fully saturated rings. The fourth-order valence-corrected chi connectivity index (χ4v) is 4.60. The Kier molecular flexibility index (Phi) is 7.00. The largest absolute Gasteiger partial charge is 0.507 e. The van der Waals surface area contributed by atoms with Crippen LogP contribution in [0.2, 0.25) is 0 Å². The van der Waals surface area contributed by atoms with E-state index in [9.17, 15) is 14.7 Å². The van der Waals surface area contributed by atoms with Gasteiger partial charge in [-0.15, -0.1) is 0 Å². The number of likely N-dealkylation sites (tertiary alicyclic amines) is 1. The van der Waals surface area contributed by atoms with Crippen molar-refractivity contribution in [1.82, 2.24) is 4.90 Å². The molecule has 0 spiro atoms. The lowest BCUT2D eigenvalue weighted by Crippen LogP contribution is -2.29. The molecule has 3 aromatic carbocycles. The highest BCUT2D eigenvalue weighted by Gasteiger charge is 2.46. The zero-order valence-electron chi connectivity index (χ0n) is 21.1. The van der Waals surface area contributed by atoms with Gasteiger partial charge in [0.15, 0.2) is 0 Å². The molecule has 1 atom stereocenters. The van der Waals surface area contributed by atoms with Gasteiger partial charge in [-0.2, -0.15) is 0 Å². The molecule has 38 heavy (non-hydrogen) atoms. The van der Waals surface area contributed by atoms with Gasteiger partial charge in [0, 0.05) is 5.56 Å². The first-order valence-corrected chi connectivity index (χ1v) is 12.2. The van der Waals surface area contributed by atoms with E-state index in [2.05, 4.69) is 6.07 Å². The third-order valence-electron chi connectivity index (χ3n) is 6.47. The number of Topliss-reactive ketones (excluding diaryl/α,β-unsaturated/α-hetero) is 1. The summed E-state index contributed by atoms with van der Waals surface area (Å²) in [5.41, 5.74) is 3.24. The van der Waals surface area contributed by atoms with Crippen LogP contribution in [0.1, 0.15) is 34.1 Å². The molecule has 1 saturated heterocycles. The maximum absolute atomic E-state index is 13.3.